The molecule has 2 nitrogen and oxygen atoms in total. The second kappa shape index (κ2) is 5.09. The first-order chi connectivity index (χ1) is 8.16. The molecule has 1 aromatic rings. The number of ether oxygens (including phenoxy) is 1. The van der Waals surface area contributed by atoms with Crippen molar-refractivity contribution in [3.8, 4) is 5.75 Å². The highest BCUT2D eigenvalue weighted by Gasteiger charge is 2.32. The molecule has 17 heavy (non-hydrogen) atoms. The predicted octanol–water partition coefficient (Wildman–Crippen LogP) is 3.46. The molecule has 0 saturated carbocycles. The summed E-state index contributed by atoms with van der Waals surface area (Å²) in [6, 6.07) is 8.60. The summed E-state index contributed by atoms with van der Waals surface area (Å²) < 4.78 is 5.68. The summed E-state index contributed by atoms with van der Waals surface area (Å²) in [6.07, 6.45) is 3.91. The van der Waals surface area contributed by atoms with Crippen molar-refractivity contribution in [1.82, 2.24) is 5.32 Å². The van der Waals surface area contributed by atoms with Gasteiger partial charge in [0.1, 0.15) is 5.75 Å². The molecule has 1 unspecified atom stereocenters. The number of rotatable bonds is 4. The quantitative estimate of drug-likeness (QED) is 0.860. The molecule has 1 aliphatic heterocycles. The molecule has 0 amide bonds. The van der Waals surface area contributed by atoms with Crippen LogP contribution in [-0.2, 0) is 5.54 Å². The maximum Gasteiger partial charge on any atom is 0.119 e. The van der Waals surface area contributed by atoms with Gasteiger partial charge in [0.25, 0.3) is 0 Å². The van der Waals surface area contributed by atoms with Crippen molar-refractivity contribution < 1.29 is 4.74 Å². The second-order valence-corrected chi connectivity index (χ2v) is 5.16. The van der Waals surface area contributed by atoms with Gasteiger partial charge in [0, 0.05) is 5.54 Å². The fourth-order valence-corrected chi connectivity index (χ4v) is 2.68. The summed E-state index contributed by atoms with van der Waals surface area (Å²) >= 11 is 0. The Kier molecular flexibility index (Phi) is 3.72. The van der Waals surface area contributed by atoms with Crippen molar-refractivity contribution in [1.29, 1.82) is 0 Å². The molecular weight excluding hydrogens is 210 g/mol. The molecular formula is C15H23NO. The van der Waals surface area contributed by atoms with Crippen molar-refractivity contribution >= 4 is 0 Å². The molecule has 1 aliphatic rings. The zero-order chi connectivity index (χ0) is 12.3. The Morgan fingerprint density at radius 3 is 2.47 bits per heavy atom. The largest absolute Gasteiger partial charge is 0.491 e. The van der Waals surface area contributed by atoms with Crippen molar-refractivity contribution in [2.24, 2.45) is 0 Å². The van der Waals surface area contributed by atoms with E-state index >= 15 is 0 Å². The molecule has 2 rings (SSSR count). The van der Waals surface area contributed by atoms with Crippen molar-refractivity contribution in [3.05, 3.63) is 29.8 Å². The molecule has 1 aromatic carbocycles. The molecule has 0 radical (unpaired) electrons. The van der Waals surface area contributed by atoms with Crippen LogP contribution >= 0.6 is 0 Å². The zero-order valence-corrected chi connectivity index (χ0v) is 11.1. The smallest absolute Gasteiger partial charge is 0.119 e. The molecule has 94 valence electrons. The second-order valence-electron chi connectivity index (χ2n) is 5.16. The predicted molar refractivity (Wildman–Crippen MR) is 71.4 cm³/mol. The number of nitrogens with one attached hydrogen (secondary N) is 1. The first-order valence-corrected chi connectivity index (χ1v) is 6.68. The highest BCUT2D eigenvalue weighted by molar-refractivity contribution is 5.32. The Bertz CT molecular complexity index is 350. The van der Waals surface area contributed by atoms with Gasteiger partial charge in [-0.2, -0.15) is 0 Å². The molecule has 1 N–H and O–H groups in total. The Labute approximate surface area is 104 Å². The molecule has 0 spiro atoms. The van der Waals surface area contributed by atoms with E-state index in [1.807, 2.05) is 0 Å². The van der Waals surface area contributed by atoms with E-state index in [4.69, 9.17) is 4.74 Å². The minimum atomic E-state index is 0.205. The molecule has 0 aromatic heterocycles. The van der Waals surface area contributed by atoms with Gasteiger partial charge in [0.2, 0.25) is 0 Å². The monoisotopic (exact) mass is 233 g/mol. The van der Waals surface area contributed by atoms with Crippen LogP contribution in [0.1, 0.15) is 45.6 Å². The van der Waals surface area contributed by atoms with Crippen LogP contribution in [0.25, 0.3) is 0 Å². The lowest BCUT2D eigenvalue weighted by Gasteiger charge is -2.29. The molecule has 1 heterocycles. The molecule has 0 bridgehead atoms. The standard InChI is InChI=1S/C15H23NO/c1-4-15(10-5-11-16-15)13-6-8-14(9-7-13)17-12(2)3/h6-9,12,16H,4-5,10-11H2,1-3H3. The van der Waals surface area contributed by atoms with E-state index in [9.17, 15) is 0 Å². The first-order valence-electron chi connectivity index (χ1n) is 6.68. The summed E-state index contributed by atoms with van der Waals surface area (Å²) in [5, 5.41) is 3.66. The lowest BCUT2D eigenvalue weighted by atomic mass is 9.86. The van der Waals surface area contributed by atoms with Crippen LogP contribution in [0.4, 0.5) is 0 Å². The van der Waals surface area contributed by atoms with Crippen LogP contribution in [0.15, 0.2) is 24.3 Å². The van der Waals surface area contributed by atoms with E-state index in [0.717, 1.165) is 18.7 Å². The van der Waals surface area contributed by atoms with Crippen LogP contribution in [0.3, 0.4) is 0 Å². The lowest BCUT2D eigenvalue weighted by Crippen LogP contribution is -2.35. The highest BCUT2D eigenvalue weighted by Crippen LogP contribution is 2.34. The van der Waals surface area contributed by atoms with Gasteiger partial charge in [-0.15, -0.1) is 0 Å². The average Bonchev–Trinajstić information content (AvgIpc) is 2.79. The van der Waals surface area contributed by atoms with E-state index in [0.29, 0.717) is 0 Å². The van der Waals surface area contributed by atoms with E-state index < -0.39 is 0 Å². The fourth-order valence-electron chi connectivity index (χ4n) is 2.68. The molecule has 2 heteroatoms. The maximum atomic E-state index is 5.68. The van der Waals surface area contributed by atoms with Crippen LogP contribution in [-0.4, -0.2) is 12.6 Å². The third-order valence-corrected chi connectivity index (χ3v) is 3.63. The maximum absolute atomic E-state index is 5.68. The number of benzene rings is 1. The Hall–Kier alpha value is -1.02. The van der Waals surface area contributed by atoms with Crippen molar-refractivity contribution in [3.63, 3.8) is 0 Å². The minimum Gasteiger partial charge on any atom is -0.491 e. The Morgan fingerprint density at radius 1 is 1.29 bits per heavy atom. The summed E-state index contributed by atoms with van der Waals surface area (Å²) in [4.78, 5) is 0. The number of hydrogen-bond donors (Lipinski definition) is 1. The molecule has 1 saturated heterocycles. The summed E-state index contributed by atoms with van der Waals surface area (Å²) in [7, 11) is 0. The van der Waals surface area contributed by atoms with Gasteiger partial charge in [0.15, 0.2) is 0 Å². The summed E-state index contributed by atoms with van der Waals surface area (Å²) in [5.74, 6) is 0.966. The summed E-state index contributed by atoms with van der Waals surface area (Å²) in [6.45, 7) is 7.51. The van der Waals surface area contributed by atoms with Gasteiger partial charge in [-0.25, -0.2) is 0 Å². The topological polar surface area (TPSA) is 21.3 Å². The van der Waals surface area contributed by atoms with Gasteiger partial charge in [-0.3, -0.25) is 0 Å². The van der Waals surface area contributed by atoms with Crippen LogP contribution in [0.2, 0.25) is 0 Å². The van der Waals surface area contributed by atoms with Crippen molar-refractivity contribution in [2.45, 2.75) is 51.7 Å². The third-order valence-electron chi connectivity index (χ3n) is 3.63. The van der Waals surface area contributed by atoms with Gasteiger partial charge in [-0.05, 0) is 57.4 Å². The molecule has 1 atom stereocenters. The van der Waals surface area contributed by atoms with Gasteiger partial charge in [0.05, 0.1) is 6.10 Å². The summed E-state index contributed by atoms with van der Waals surface area (Å²) in [5.41, 5.74) is 1.60. The van der Waals surface area contributed by atoms with E-state index in [1.165, 1.54) is 18.4 Å². The fraction of sp³-hybridized carbons (Fsp3) is 0.600. The van der Waals surface area contributed by atoms with Gasteiger partial charge >= 0.3 is 0 Å². The molecule has 1 fully saturated rings. The van der Waals surface area contributed by atoms with E-state index in [2.05, 4.69) is 50.4 Å². The normalized spacial score (nSPS) is 24.2. The Morgan fingerprint density at radius 2 is 2.00 bits per heavy atom. The lowest BCUT2D eigenvalue weighted by molar-refractivity contribution is 0.242. The first kappa shape index (κ1) is 12.4. The van der Waals surface area contributed by atoms with Crippen LogP contribution < -0.4 is 10.1 Å². The van der Waals surface area contributed by atoms with E-state index in [1.54, 1.807) is 0 Å². The SMILES string of the molecule is CCC1(c2ccc(OC(C)C)cc2)CCCN1. The Balaban J connectivity index is 2.16. The average molecular weight is 233 g/mol. The minimum absolute atomic E-state index is 0.205. The van der Waals surface area contributed by atoms with Crippen LogP contribution in [0, 0.1) is 0 Å². The van der Waals surface area contributed by atoms with E-state index in [-0.39, 0.29) is 11.6 Å². The van der Waals surface area contributed by atoms with Crippen molar-refractivity contribution in [2.75, 3.05) is 6.54 Å². The molecule has 0 aliphatic carbocycles. The zero-order valence-electron chi connectivity index (χ0n) is 11.1. The third kappa shape index (κ3) is 2.63. The van der Waals surface area contributed by atoms with Gasteiger partial charge in [-0.1, -0.05) is 19.1 Å². The highest BCUT2D eigenvalue weighted by atomic mass is 16.5. The van der Waals surface area contributed by atoms with Crippen LogP contribution in [0.5, 0.6) is 5.75 Å². The van der Waals surface area contributed by atoms with Gasteiger partial charge < -0.3 is 10.1 Å². The number of hydrogen-bond acceptors (Lipinski definition) is 2.